The number of nitrogens with one attached hydrogen (secondary N) is 1. The fourth-order valence-corrected chi connectivity index (χ4v) is 0.800. The molecule has 0 atom stereocenters. The molecule has 1 aromatic carbocycles. The molecule has 1 aromatic rings. The summed E-state index contributed by atoms with van der Waals surface area (Å²) in [5.41, 5.74) is 1.33. The molecule has 3 heteroatoms. The minimum Gasteiger partial charge on any atom is -0.316 e. The zero-order valence-electron chi connectivity index (χ0n) is 6.75. The third-order valence-electron chi connectivity index (χ3n) is 1.22. The Hall–Kier alpha value is -0.900. The van der Waals surface area contributed by atoms with Crippen molar-refractivity contribution >= 4 is 0 Å². The highest BCUT2D eigenvalue weighted by Gasteiger charge is 1.83. The van der Waals surface area contributed by atoms with Gasteiger partial charge in [-0.3, -0.25) is 11.7 Å². The Morgan fingerprint density at radius 1 is 1.18 bits per heavy atom. The molecule has 0 aliphatic heterocycles. The second-order valence-corrected chi connectivity index (χ2v) is 2.02. The molecule has 1 rings (SSSR count). The second kappa shape index (κ2) is 7.21. The van der Waals surface area contributed by atoms with Crippen LogP contribution in [0.2, 0.25) is 0 Å². The standard InChI is InChI=1S/C8H11N.H4N2/c1-9-7-8-5-3-2-4-6-8;1-2/h2-6,9H,7H2,1H3;1-2H2. The Bertz CT molecular complexity index is 162. The van der Waals surface area contributed by atoms with Crippen LogP contribution in [0.5, 0.6) is 0 Å². The average Bonchev–Trinajstić information content (AvgIpc) is 2.11. The van der Waals surface area contributed by atoms with E-state index in [0.29, 0.717) is 0 Å². The summed E-state index contributed by atoms with van der Waals surface area (Å²) in [5.74, 6) is 8.00. The first kappa shape index (κ1) is 10.1. The summed E-state index contributed by atoms with van der Waals surface area (Å²) in [6.07, 6.45) is 0. The molecule has 0 unspecified atom stereocenters. The third kappa shape index (κ3) is 4.50. The summed E-state index contributed by atoms with van der Waals surface area (Å²) in [6.45, 7) is 0.959. The lowest BCUT2D eigenvalue weighted by Crippen LogP contribution is -2.04. The topological polar surface area (TPSA) is 64.1 Å². The van der Waals surface area contributed by atoms with Gasteiger partial charge in [0.2, 0.25) is 0 Å². The van der Waals surface area contributed by atoms with Crippen LogP contribution in [0.3, 0.4) is 0 Å². The Kier molecular flexibility index (Phi) is 6.62. The molecule has 3 nitrogen and oxygen atoms in total. The van der Waals surface area contributed by atoms with Gasteiger partial charge >= 0.3 is 0 Å². The van der Waals surface area contributed by atoms with Gasteiger partial charge in [0.15, 0.2) is 0 Å². The fraction of sp³-hybridized carbons (Fsp3) is 0.250. The number of hydrogen-bond acceptors (Lipinski definition) is 3. The lowest BCUT2D eigenvalue weighted by molar-refractivity contribution is 0.818. The van der Waals surface area contributed by atoms with E-state index in [1.807, 2.05) is 25.2 Å². The summed E-state index contributed by atoms with van der Waals surface area (Å²) < 4.78 is 0. The molecule has 0 aliphatic rings. The third-order valence-corrected chi connectivity index (χ3v) is 1.22. The summed E-state index contributed by atoms with van der Waals surface area (Å²) in [4.78, 5) is 0. The first-order valence-electron chi connectivity index (χ1n) is 3.45. The molecule has 0 fully saturated rings. The van der Waals surface area contributed by atoms with Crippen molar-refractivity contribution in [3.63, 3.8) is 0 Å². The van der Waals surface area contributed by atoms with E-state index in [2.05, 4.69) is 29.1 Å². The van der Waals surface area contributed by atoms with E-state index in [0.717, 1.165) is 6.54 Å². The molecule has 0 spiro atoms. The lowest BCUT2D eigenvalue weighted by atomic mass is 10.2. The van der Waals surface area contributed by atoms with Crippen LogP contribution in [0.15, 0.2) is 30.3 Å². The Morgan fingerprint density at radius 2 is 1.73 bits per heavy atom. The predicted molar refractivity (Wildman–Crippen MR) is 47.6 cm³/mol. The summed E-state index contributed by atoms with van der Waals surface area (Å²) in [7, 11) is 1.95. The monoisotopic (exact) mass is 153 g/mol. The van der Waals surface area contributed by atoms with Crippen LogP contribution in [0.25, 0.3) is 0 Å². The Morgan fingerprint density at radius 3 is 2.18 bits per heavy atom. The van der Waals surface area contributed by atoms with Gasteiger partial charge in [0.1, 0.15) is 0 Å². The molecular weight excluding hydrogens is 138 g/mol. The van der Waals surface area contributed by atoms with Gasteiger partial charge in [0, 0.05) is 6.54 Å². The first-order chi connectivity index (χ1) is 5.43. The number of rotatable bonds is 2. The van der Waals surface area contributed by atoms with Gasteiger partial charge in [-0.05, 0) is 12.6 Å². The molecule has 0 heterocycles. The van der Waals surface area contributed by atoms with Crippen molar-refractivity contribution in [1.82, 2.24) is 5.32 Å². The van der Waals surface area contributed by atoms with Gasteiger partial charge in [-0.25, -0.2) is 0 Å². The Labute approximate surface area is 67.4 Å². The van der Waals surface area contributed by atoms with Gasteiger partial charge in [-0.2, -0.15) is 0 Å². The van der Waals surface area contributed by atoms with Crippen LogP contribution >= 0.6 is 0 Å². The van der Waals surface area contributed by atoms with E-state index in [4.69, 9.17) is 0 Å². The highest BCUT2D eigenvalue weighted by molar-refractivity contribution is 5.13. The van der Waals surface area contributed by atoms with Crippen molar-refractivity contribution in [2.45, 2.75) is 6.54 Å². The van der Waals surface area contributed by atoms with Gasteiger partial charge in [-0.1, -0.05) is 30.3 Å². The van der Waals surface area contributed by atoms with E-state index in [9.17, 15) is 0 Å². The van der Waals surface area contributed by atoms with Gasteiger partial charge < -0.3 is 5.32 Å². The van der Waals surface area contributed by atoms with Crippen LogP contribution in [0.4, 0.5) is 0 Å². The highest BCUT2D eigenvalue weighted by atomic mass is 15.0. The van der Waals surface area contributed by atoms with Crippen LogP contribution in [0.1, 0.15) is 5.56 Å². The number of hydrazine groups is 1. The first-order valence-corrected chi connectivity index (χ1v) is 3.45. The zero-order valence-corrected chi connectivity index (χ0v) is 6.75. The van der Waals surface area contributed by atoms with Crippen LogP contribution in [-0.2, 0) is 6.54 Å². The van der Waals surface area contributed by atoms with Crippen LogP contribution in [0, 0.1) is 0 Å². The molecular formula is C8H15N3. The number of hydrogen-bond donors (Lipinski definition) is 3. The van der Waals surface area contributed by atoms with Crippen molar-refractivity contribution < 1.29 is 0 Å². The average molecular weight is 153 g/mol. The maximum atomic E-state index is 4.00. The van der Waals surface area contributed by atoms with Crippen molar-refractivity contribution in [3.8, 4) is 0 Å². The smallest absolute Gasteiger partial charge is 0.0202 e. The minimum atomic E-state index is 0.959. The van der Waals surface area contributed by atoms with E-state index in [-0.39, 0.29) is 0 Å². The quantitative estimate of drug-likeness (QED) is 0.421. The summed E-state index contributed by atoms with van der Waals surface area (Å²) >= 11 is 0. The Balaban J connectivity index is 0.000000461. The fourth-order valence-electron chi connectivity index (χ4n) is 0.800. The lowest BCUT2D eigenvalue weighted by Gasteiger charge is -1.95. The molecule has 0 amide bonds. The molecule has 0 aromatic heterocycles. The van der Waals surface area contributed by atoms with Crippen molar-refractivity contribution in [2.24, 2.45) is 11.7 Å². The molecule has 62 valence electrons. The van der Waals surface area contributed by atoms with Gasteiger partial charge in [-0.15, -0.1) is 0 Å². The molecule has 0 aliphatic carbocycles. The van der Waals surface area contributed by atoms with Gasteiger partial charge in [0.05, 0.1) is 0 Å². The second-order valence-electron chi connectivity index (χ2n) is 2.02. The van der Waals surface area contributed by atoms with Crippen molar-refractivity contribution in [3.05, 3.63) is 35.9 Å². The molecule has 0 saturated heterocycles. The largest absolute Gasteiger partial charge is 0.316 e. The van der Waals surface area contributed by atoms with Crippen LogP contribution < -0.4 is 17.0 Å². The van der Waals surface area contributed by atoms with Gasteiger partial charge in [0.25, 0.3) is 0 Å². The summed E-state index contributed by atoms with van der Waals surface area (Å²) in [6, 6.07) is 10.3. The maximum Gasteiger partial charge on any atom is 0.0202 e. The SMILES string of the molecule is CNCc1ccccc1.NN. The maximum absolute atomic E-state index is 4.00. The van der Waals surface area contributed by atoms with E-state index in [1.54, 1.807) is 0 Å². The van der Waals surface area contributed by atoms with Crippen molar-refractivity contribution in [1.29, 1.82) is 0 Å². The minimum absolute atomic E-state index is 0.959. The van der Waals surface area contributed by atoms with Crippen LogP contribution in [-0.4, -0.2) is 7.05 Å². The van der Waals surface area contributed by atoms with E-state index < -0.39 is 0 Å². The van der Waals surface area contributed by atoms with E-state index >= 15 is 0 Å². The number of benzene rings is 1. The highest BCUT2D eigenvalue weighted by Crippen LogP contribution is 1.95. The zero-order chi connectivity index (χ0) is 8.53. The van der Waals surface area contributed by atoms with E-state index in [1.165, 1.54) is 5.56 Å². The molecule has 0 radical (unpaired) electrons. The molecule has 0 saturated carbocycles. The summed E-state index contributed by atoms with van der Waals surface area (Å²) in [5, 5.41) is 3.08. The number of nitrogens with two attached hydrogens (primary N) is 2. The molecule has 11 heavy (non-hydrogen) atoms. The normalized spacial score (nSPS) is 8.27. The van der Waals surface area contributed by atoms with Crippen molar-refractivity contribution in [2.75, 3.05) is 7.05 Å². The predicted octanol–water partition coefficient (Wildman–Crippen LogP) is 0.225. The molecule has 0 bridgehead atoms. The molecule has 5 N–H and O–H groups in total.